The number of carbonyl (C=O) groups excluding carboxylic acids is 1. The summed E-state index contributed by atoms with van der Waals surface area (Å²) in [6, 6.07) is 11.7. The first kappa shape index (κ1) is 12.9. The minimum Gasteiger partial charge on any atom is -0.446 e. The van der Waals surface area contributed by atoms with E-state index in [1.807, 2.05) is 6.07 Å². The number of hydrogen-bond donors (Lipinski definition) is 0. The summed E-state index contributed by atoms with van der Waals surface area (Å²) in [5.41, 5.74) is 0.597. The van der Waals surface area contributed by atoms with E-state index in [9.17, 15) is 4.79 Å². The highest BCUT2D eigenvalue weighted by Crippen LogP contribution is 2.24. The van der Waals surface area contributed by atoms with Gasteiger partial charge in [0.25, 0.3) is 0 Å². The molecular weight excluding hydrogens is 318 g/mol. The van der Waals surface area contributed by atoms with E-state index in [4.69, 9.17) is 21.3 Å². The van der Waals surface area contributed by atoms with Gasteiger partial charge in [0, 0.05) is 5.02 Å². The van der Waals surface area contributed by atoms with Crippen LogP contribution in [0.3, 0.4) is 0 Å². The molecule has 3 nitrogen and oxygen atoms in total. The maximum atomic E-state index is 12.1. The number of Topliss-reactive ketones (excluding diaryl/α,β-unsaturated/α-hetero) is 1. The lowest BCUT2D eigenvalue weighted by molar-refractivity contribution is 0.0950. The zero-order chi connectivity index (χ0) is 13.1. The molecule has 0 spiro atoms. The molecule has 0 radical (unpaired) electrons. The van der Waals surface area contributed by atoms with E-state index < -0.39 is 5.92 Å². The Labute approximate surface area is 117 Å². The van der Waals surface area contributed by atoms with Gasteiger partial charge in [-0.1, -0.05) is 23.7 Å². The van der Waals surface area contributed by atoms with Gasteiger partial charge in [-0.15, -0.1) is 0 Å². The Balaban J connectivity index is 2.32. The van der Waals surface area contributed by atoms with Gasteiger partial charge in [0.1, 0.15) is 5.92 Å². The molecule has 2 rings (SSSR count). The van der Waals surface area contributed by atoms with Crippen LogP contribution in [0.4, 0.5) is 0 Å². The second-order valence-corrected chi connectivity index (χ2v) is 4.80. The fourth-order valence-corrected chi connectivity index (χ4v) is 1.96. The maximum absolute atomic E-state index is 12.1. The van der Waals surface area contributed by atoms with Gasteiger partial charge in [-0.25, -0.2) is 0 Å². The molecule has 0 N–H and O–H groups in total. The summed E-state index contributed by atoms with van der Waals surface area (Å²) in [6.07, 6.45) is 0. The fraction of sp³-hybridized carbons (Fsp3) is 0.0769. The molecule has 1 atom stereocenters. The Morgan fingerprint density at radius 3 is 2.44 bits per heavy atom. The first-order chi connectivity index (χ1) is 8.61. The average molecular weight is 325 g/mol. The molecule has 1 unspecified atom stereocenters. The zero-order valence-corrected chi connectivity index (χ0v) is 11.4. The summed E-state index contributed by atoms with van der Waals surface area (Å²) in [4.78, 5) is 12.1. The van der Waals surface area contributed by atoms with Crippen molar-refractivity contribution in [1.82, 2.24) is 0 Å². The predicted octanol–water partition coefficient (Wildman–Crippen LogP) is 4.19. The van der Waals surface area contributed by atoms with Crippen LogP contribution in [0.25, 0.3) is 0 Å². The highest BCUT2D eigenvalue weighted by Gasteiger charge is 2.24. The lowest BCUT2D eigenvalue weighted by atomic mass is 9.95. The van der Waals surface area contributed by atoms with Crippen molar-refractivity contribution in [1.29, 1.82) is 5.26 Å². The topological polar surface area (TPSA) is 54.0 Å². The molecule has 1 aromatic heterocycles. The van der Waals surface area contributed by atoms with Crippen molar-refractivity contribution in [3.8, 4) is 6.07 Å². The van der Waals surface area contributed by atoms with Crippen LogP contribution in [0.5, 0.6) is 0 Å². The van der Waals surface area contributed by atoms with Gasteiger partial charge in [-0.2, -0.15) is 5.26 Å². The summed E-state index contributed by atoms with van der Waals surface area (Å²) in [6.45, 7) is 0. The van der Waals surface area contributed by atoms with Crippen LogP contribution in [0.15, 0.2) is 45.5 Å². The van der Waals surface area contributed by atoms with Crippen molar-refractivity contribution in [3.63, 3.8) is 0 Å². The van der Waals surface area contributed by atoms with Gasteiger partial charge in [0.2, 0.25) is 5.78 Å². The smallest absolute Gasteiger partial charge is 0.219 e. The van der Waals surface area contributed by atoms with Crippen molar-refractivity contribution in [3.05, 3.63) is 57.4 Å². The van der Waals surface area contributed by atoms with Crippen LogP contribution in [-0.2, 0) is 0 Å². The quantitative estimate of drug-likeness (QED) is 0.796. The Kier molecular flexibility index (Phi) is 3.85. The summed E-state index contributed by atoms with van der Waals surface area (Å²) in [7, 11) is 0. The van der Waals surface area contributed by atoms with E-state index in [0.29, 0.717) is 15.3 Å². The molecule has 0 aliphatic heterocycles. The molecule has 0 bridgehead atoms. The summed E-state index contributed by atoms with van der Waals surface area (Å²) >= 11 is 8.88. The van der Waals surface area contributed by atoms with Gasteiger partial charge in [-0.05, 0) is 45.8 Å². The minimum absolute atomic E-state index is 0.156. The van der Waals surface area contributed by atoms with Crippen molar-refractivity contribution in [2.24, 2.45) is 0 Å². The first-order valence-electron chi connectivity index (χ1n) is 5.06. The molecule has 0 aliphatic rings. The Hall–Kier alpha value is -1.57. The molecular formula is C13H7BrClNO2. The largest absolute Gasteiger partial charge is 0.446 e. The molecule has 5 heteroatoms. The lowest BCUT2D eigenvalue weighted by Crippen LogP contribution is -2.10. The van der Waals surface area contributed by atoms with Crippen LogP contribution >= 0.6 is 27.5 Å². The second kappa shape index (κ2) is 5.38. The number of halogens is 2. The van der Waals surface area contributed by atoms with Gasteiger partial charge in [0.15, 0.2) is 10.4 Å². The number of benzene rings is 1. The van der Waals surface area contributed by atoms with Crippen LogP contribution in [0.2, 0.25) is 5.02 Å². The third kappa shape index (κ3) is 2.63. The molecule has 1 heterocycles. The summed E-state index contributed by atoms with van der Waals surface area (Å²) in [5.74, 6) is -1.10. The molecule has 0 saturated carbocycles. The van der Waals surface area contributed by atoms with Gasteiger partial charge >= 0.3 is 0 Å². The number of rotatable bonds is 3. The average Bonchev–Trinajstić information content (AvgIpc) is 2.79. The molecule has 18 heavy (non-hydrogen) atoms. The number of hydrogen-bond acceptors (Lipinski definition) is 3. The van der Waals surface area contributed by atoms with E-state index >= 15 is 0 Å². The van der Waals surface area contributed by atoms with E-state index in [1.165, 1.54) is 6.07 Å². The number of ketones is 1. The highest BCUT2D eigenvalue weighted by molar-refractivity contribution is 9.10. The van der Waals surface area contributed by atoms with E-state index in [2.05, 4.69) is 15.9 Å². The van der Waals surface area contributed by atoms with E-state index in [1.54, 1.807) is 30.3 Å². The van der Waals surface area contributed by atoms with Crippen molar-refractivity contribution in [2.45, 2.75) is 5.92 Å². The minimum atomic E-state index is -0.889. The molecule has 0 saturated heterocycles. The second-order valence-electron chi connectivity index (χ2n) is 3.58. The van der Waals surface area contributed by atoms with Gasteiger partial charge in [0.05, 0.1) is 6.07 Å². The summed E-state index contributed by atoms with van der Waals surface area (Å²) in [5, 5.41) is 9.69. The molecule has 1 aromatic carbocycles. The molecule has 0 amide bonds. The molecule has 0 fully saturated rings. The standard InChI is InChI=1S/C13H7BrClNO2/c14-12-6-5-11(18-12)13(17)10(7-16)8-1-3-9(15)4-2-8/h1-6,10H. The van der Waals surface area contributed by atoms with Crippen LogP contribution in [0.1, 0.15) is 22.0 Å². The highest BCUT2D eigenvalue weighted by atomic mass is 79.9. The van der Waals surface area contributed by atoms with Crippen molar-refractivity contribution in [2.75, 3.05) is 0 Å². The monoisotopic (exact) mass is 323 g/mol. The first-order valence-corrected chi connectivity index (χ1v) is 6.23. The molecule has 0 aliphatic carbocycles. The van der Waals surface area contributed by atoms with E-state index in [-0.39, 0.29) is 11.5 Å². The fourth-order valence-electron chi connectivity index (χ4n) is 1.53. The van der Waals surface area contributed by atoms with Crippen LogP contribution < -0.4 is 0 Å². The van der Waals surface area contributed by atoms with Crippen LogP contribution in [0, 0.1) is 11.3 Å². The van der Waals surface area contributed by atoms with Crippen LogP contribution in [-0.4, -0.2) is 5.78 Å². The predicted molar refractivity (Wildman–Crippen MR) is 70.5 cm³/mol. The normalized spacial score (nSPS) is 11.8. The van der Waals surface area contributed by atoms with Gasteiger partial charge < -0.3 is 4.42 Å². The number of nitrogens with zero attached hydrogens (tertiary/aromatic N) is 1. The Morgan fingerprint density at radius 1 is 1.28 bits per heavy atom. The number of carbonyl (C=O) groups is 1. The SMILES string of the molecule is N#CC(C(=O)c1ccc(Br)o1)c1ccc(Cl)cc1. The molecule has 90 valence electrons. The molecule has 2 aromatic rings. The Bertz CT molecular complexity index is 613. The maximum Gasteiger partial charge on any atom is 0.219 e. The zero-order valence-electron chi connectivity index (χ0n) is 9.06. The van der Waals surface area contributed by atoms with Crippen molar-refractivity contribution < 1.29 is 9.21 Å². The van der Waals surface area contributed by atoms with Crippen molar-refractivity contribution >= 4 is 33.3 Å². The van der Waals surface area contributed by atoms with Gasteiger partial charge in [-0.3, -0.25) is 4.79 Å². The third-order valence-corrected chi connectivity index (χ3v) is 3.09. The number of furan rings is 1. The van der Waals surface area contributed by atoms with E-state index in [0.717, 1.165) is 0 Å². The number of nitriles is 1. The lowest BCUT2D eigenvalue weighted by Gasteiger charge is -2.06. The summed E-state index contributed by atoms with van der Waals surface area (Å²) < 4.78 is 5.62. The third-order valence-electron chi connectivity index (χ3n) is 2.41. The Morgan fingerprint density at radius 2 is 1.94 bits per heavy atom.